The summed E-state index contributed by atoms with van der Waals surface area (Å²) in [5.41, 5.74) is 0.942. The van der Waals surface area contributed by atoms with E-state index in [1.54, 1.807) is 43.3 Å². The molecule has 6 heteroatoms. The quantitative estimate of drug-likeness (QED) is 0.905. The number of nitrogens with one attached hydrogen (secondary N) is 1. The number of para-hydroxylation sites is 1. The highest BCUT2D eigenvalue weighted by Crippen LogP contribution is 2.21. The number of carbonyl (C=O) groups is 2. The Hall–Kier alpha value is -2.89. The summed E-state index contributed by atoms with van der Waals surface area (Å²) in [5.74, 6) is -0.458. The molecule has 0 aromatic heterocycles. The molecule has 0 saturated carbocycles. The average molecular weight is 356 g/mol. The highest BCUT2D eigenvalue weighted by molar-refractivity contribution is 5.93. The number of rotatable bonds is 3. The van der Waals surface area contributed by atoms with E-state index in [0.29, 0.717) is 36.4 Å². The van der Waals surface area contributed by atoms with Crippen LogP contribution >= 0.6 is 0 Å². The Morgan fingerprint density at radius 2 is 1.96 bits per heavy atom. The number of amides is 2. The van der Waals surface area contributed by atoms with E-state index < -0.39 is 6.09 Å². The fraction of sp³-hybridized carbons (Fsp3) is 0.300. The first-order valence-electron chi connectivity index (χ1n) is 8.62. The van der Waals surface area contributed by atoms with Crippen molar-refractivity contribution >= 4 is 17.7 Å². The SMILES string of the molecule is Cc1ccc(NC(=O)C2CCCN(C(=O)Oc3ccccc3)C2)cc1F. The van der Waals surface area contributed by atoms with Crippen LogP contribution < -0.4 is 10.1 Å². The zero-order chi connectivity index (χ0) is 18.5. The van der Waals surface area contributed by atoms with E-state index in [2.05, 4.69) is 5.32 Å². The number of hydrogen-bond acceptors (Lipinski definition) is 3. The van der Waals surface area contributed by atoms with Crippen molar-refractivity contribution in [1.29, 1.82) is 0 Å². The number of carbonyl (C=O) groups excluding carboxylic acids is 2. The molecule has 2 aromatic rings. The van der Waals surface area contributed by atoms with Crippen molar-refractivity contribution in [1.82, 2.24) is 4.90 Å². The molecule has 3 rings (SSSR count). The molecular weight excluding hydrogens is 335 g/mol. The van der Waals surface area contributed by atoms with Crippen molar-refractivity contribution in [2.75, 3.05) is 18.4 Å². The molecule has 26 heavy (non-hydrogen) atoms. The average Bonchev–Trinajstić information content (AvgIpc) is 2.65. The van der Waals surface area contributed by atoms with Gasteiger partial charge in [0.1, 0.15) is 11.6 Å². The molecule has 0 spiro atoms. The number of piperidine rings is 1. The normalized spacial score (nSPS) is 16.8. The predicted molar refractivity (Wildman–Crippen MR) is 96.5 cm³/mol. The van der Waals surface area contributed by atoms with Gasteiger partial charge in [0.15, 0.2) is 0 Å². The Morgan fingerprint density at radius 3 is 2.69 bits per heavy atom. The number of nitrogens with zero attached hydrogens (tertiary/aromatic N) is 1. The molecule has 1 heterocycles. The maximum Gasteiger partial charge on any atom is 0.415 e. The lowest BCUT2D eigenvalue weighted by Crippen LogP contribution is -2.44. The third kappa shape index (κ3) is 4.39. The standard InChI is InChI=1S/C20H21FN2O3/c1-14-9-10-16(12-18(14)21)22-19(24)15-6-5-11-23(13-15)20(25)26-17-7-3-2-4-8-17/h2-4,7-10,12,15H,5-6,11,13H2,1H3,(H,22,24). The van der Waals surface area contributed by atoms with Crippen LogP contribution in [0.2, 0.25) is 0 Å². The number of ether oxygens (including phenoxy) is 1. The Bertz CT molecular complexity index is 795. The summed E-state index contributed by atoms with van der Waals surface area (Å²) in [6.07, 6.45) is 0.926. The number of hydrogen-bond donors (Lipinski definition) is 1. The van der Waals surface area contributed by atoms with Crippen molar-refractivity contribution in [3.05, 3.63) is 59.9 Å². The van der Waals surface area contributed by atoms with Crippen LogP contribution in [-0.2, 0) is 4.79 Å². The smallest absolute Gasteiger partial charge is 0.410 e. The van der Waals surface area contributed by atoms with Gasteiger partial charge >= 0.3 is 6.09 Å². The Kier molecular flexibility index (Phi) is 5.51. The Morgan fingerprint density at radius 1 is 1.19 bits per heavy atom. The zero-order valence-corrected chi connectivity index (χ0v) is 14.6. The summed E-state index contributed by atoms with van der Waals surface area (Å²) < 4.78 is 19.0. The van der Waals surface area contributed by atoms with Gasteiger partial charge < -0.3 is 15.0 Å². The van der Waals surface area contributed by atoms with Gasteiger partial charge in [0.05, 0.1) is 5.92 Å². The minimum Gasteiger partial charge on any atom is -0.410 e. The van der Waals surface area contributed by atoms with Crippen LogP contribution in [-0.4, -0.2) is 30.0 Å². The third-order valence-corrected chi connectivity index (χ3v) is 4.44. The minimum atomic E-state index is -0.463. The summed E-state index contributed by atoms with van der Waals surface area (Å²) in [6.45, 7) is 2.50. The van der Waals surface area contributed by atoms with Crippen LogP contribution in [0.15, 0.2) is 48.5 Å². The van der Waals surface area contributed by atoms with E-state index in [-0.39, 0.29) is 24.2 Å². The summed E-state index contributed by atoms with van der Waals surface area (Å²) >= 11 is 0. The molecule has 1 saturated heterocycles. The monoisotopic (exact) mass is 356 g/mol. The Labute approximate surface area is 151 Å². The number of aryl methyl sites for hydroxylation is 1. The number of likely N-dealkylation sites (tertiary alicyclic amines) is 1. The molecule has 0 radical (unpaired) electrons. The van der Waals surface area contributed by atoms with Crippen LogP contribution in [0.5, 0.6) is 5.75 Å². The molecule has 5 nitrogen and oxygen atoms in total. The van der Waals surface area contributed by atoms with Gasteiger partial charge in [0.25, 0.3) is 0 Å². The van der Waals surface area contributed by atoms with Gasteiger partial charge in [0.2, 0.25) is 5.91 Å². The highest BCUT2D eigenvalue weighted by atomic mass is 19.1. The van der Waals surface area contributed by atoms with E-state index >= 15 is 0 Å². The largest absolute Gasteiger partial charge is 0.415 e. The molecule has 1 unspecified atom stereocenters. The number of anilines is 1. The number of benzene rings is 2. The predicted octanol–water partition coefficient (Wildman–Crippen LogP) is 3.98. The number of halogens is 1. The van der Waals surface area contributed by atoms with E-state index in [4.69, 9.17) is 4.74 Å². The molecule has 2 amide bonds. The second-order valence-electron chi connectivity index (χ2n) is 6.42. The van der Waals surface area contributed by atoms with Crippen LogP contribution in [0.25, 0.3) is 0 Å². The summed E-state index contributed by atoms with van der Waals surface area (Å²) in [4.78, 5) is 26.3. The molecule has 1 aliphatic rings. The van der Waals surface area contributed by atoms with E-state index in [9.17, 15) is 14.0 Å². The lowest BCUT2D eigenvalue weighted by atomic mass is 9.97. The second kappa shape index (κ2) is 7.99. The van der Waals surface area contributed by atoms with Gasteiger partial charge in [-0.15, -0.1) is 0 Å². The van der Waals surface area contributed by atoms with Crippen molar-refractivity contribution in [3.8, 4) is 5.75 Å². The maximum absolute atomic E-state index is 13.6. The van der Waals surface area contributed by atoms with E-state index in [0.717, 1.165) is 0 Å². The first-order chi connectivity index (χ1) is 12.5. The van der Waals surface area contributed by atoms with Gasteiger partial charge in [-0.2, -0.15) is 0 Å². The van der Waals surface area contributed by atoms with Gasteiger partial charge in [-0.1, -0.05) is 24.3 Å². The van der Waals surface area contributed by atoms with Crippen molar-refractivity contribution < 1.29 is 18.7 Å². The van der Waals surface area contributed by atoms with Crippen LogP contribution in [0.4, 0.5) is 14.9 Å². The highest BCUT2D eigenvalue weighted by Gasteiger charge is 2.29. The van der Waals surface area contributed by atoms with Crippen molar-refractivity contribution in [3.63, 3.8) is 0 Å². The Balaban J connectivity index is 1.59. The molecule has 0 bridgehead atoms. The maximum atomic E-state index is 13.6. The topological polar surface area (TPSA) is 58.6 Å². The fourth-order valence-electron chi connectivity index (χ4n) is 2.93. The molecule has 2 aromatic carbocycles. The molecule has 1 N–H and O–H groups in total. The summed E-state index contributed by atoms with van der Waals surface area (Å²) in [5, 5.41) is 2.73. The lowest BCUT2D eigenvalue weighted by molar-refractivity contribution is -0.121. The van der Waals surface area contributed by atoms with Gasteiger partial charge in [-0.25, -0.2) is 9.18 Å². The summed E-state index contributed by atoms with van der Waals surface area (Å²) in [6, 6.07) is 13.4. The fourth-order valence-corrected chi connectivity index (χ4v) is 2.93. The first-order valence-corrected chi connectivity index (χ1v) is 8.62. The molecule has 1 atom stereocenters. The van der Waals surface area contributed by atoms with Gasteiger partial charge in [0, 0.05) is 18.8 Å². The molecular formula is C20H21FN2O3. The van der Waals surface area contributed by atoms with Crippen molar-refractivity contribution in [2.45, 2.75) is 19.8 Å². The van der Waals surface area contributed by atoms with Crippen LogP contribution in [0.3, 0.4) is 0 Å². The third-order valence-electron chi connectivity index (χ3n) is 4.44. The molecule has 136 valence electrons. The van der Waals surface area contributed by atoms with Gasteiger partial charge in [-0.05, 0) is 49.6 Å². The second-order valence-corrected chi connectivity index (χ2v) is 6.42. The van der Waals surface area contributed by atoms with Crippen LogP contribution in [0, 0.1) is 18.7 Å². The molecule has 1 fully saturated rings. The van der Waals surface area contributed by atoms with Crippen molar-refractivity contribution in [2.24, 2.45) is 5.92 Å². The van der Waals surface area contributed by atoms with E-state index in [1.165, 1.54) is 11.0 Å². The lowest BCUT2D eigenvalue weighted by Gasteiger charge is -2.31. The van der Waals surface area contributed by atoms with E-state index in [1.807, 2.05) is 6.07 Å². The van der Waals surface area contributed by atoms with Gasteiger partial charge in [-0.3, -0.25) is 4.79 Å². The first kappa shape index (κ1) is 17.9. The summed E-state index contributed by atoms with van der Waals surface area (Å²) in [7, 11) is 0. The van der Waals surface area contributed by atoms with Crippen LogP contribution in [0.1, 0.15) is 18.4 Å². The minimum absolute atomic E-state index is 0.217. The zero-order valence-electron chi connectivity index (χ0n) is 14.6. The molecule has 1 aliphatic heterocycles. The molecule has 0 aliphatic carbocycles.